The van der Waals surface area contributed by atoms with Gasteiger partial charge in [-0.3, -0.25) is 0 Å². The van der Waals surface area contributed by atoms with Crippen LogP contribution in [0.2, 0.25) is 5.02 Å². The number of nitrogens with one attached hydrogen (secondary N) is 1. The number of rotatable bonds is 4. The Labute approximate surface area is 89.3 Å². The number of halogens is 2. The van der Waals surface area contributed by atoms with Crippen molar-refractivity contribution in [1.29, 1.82) is 0 Å². The molecule has 0 saturated heterocycles. The van der Waals surface area contributed by atoms with Crippen LogP contribution in [0.5, 0.6) is 0 Å². The monoisotopic (exact) mass is 215 g/mol. The molecule has 0 unspecified atom stereocenters. The highest BCUT2D eigenvalue weighted by atomic mass is 35.5. The topological polar surface area (TPSA) is 12.0 Å². The molecule has 0 aromatic heterocycles. The summed E-state index contributed by atoms with van der Waals surface area (Å²) in [5, 5.41) is 3.73. The lowest BCUT2D eigenvalue weighted by Crippen LogP contribution is -2.25. The Morgan fingerprint density at radius 2 is 2.14 bits per heavy atom. The zero-order valence-electron chi connectivity index (χ0n) is 8.48. The number of hydrogen-bond acceptors (Lipinski definition) is 1. The molecule has 0 atom stereocenters. The van der Waals surface area contributed by atoms with Crippen LogP contribution in [0, 0.1) is 5.82 Å². The van der Waals surface area contributed by atoms with Crippen molar-refractivity contribution in [3.63, 3.8) is 0 Å². The van der Waals surface area contributed by atoms with E-state index in [9.17, 15) is 4.39 Å². The molecule has 1 nitrogen and oxygen atoms in total. The molecule has 0 spiro atoms. The normalized spacial score (nSPS) is 10.9. The lowest BCUT2D eigenvalue weighted by Gasteiger charge is -2.09. The third-order valence-corrected chi connectivity index (χ3v) is 2.34. The van der Waals surface area contributed by atoms with Crippen LogP contribution >= 0.6 is 11.6 Å². The highest BCUT2D eigenvalue weighted by Gasteiger charge is 2.05. The molecule has 1 aromatic rings. The minimum Gasteiger partial charge on any atom is -0.314 e. The third kappa shape index (κ3) is 3.28. The highest BCUT2D eigenvalue weighted by Crippen LogP contribution is 2.18. The van der Waals surface area contributed by atoms with Crippen molar-refractivity contribution in [2.75, 3.05) is 6.54 Å². The SMILES string of the molecule is CC(C)NCCc1c(F)cccc1Cl. The van der Waals surface area contributed by atoms with Gasteiger partial charge in [-0.25, -0.2) is 4.39 Å². The average molecular weight is 216 g/mol. The first-order valence-electron chi connectivity index (χ1n) is 4.77. The first-order chi connectivity index (χ1) is 6.61. The van der Waals surface area contributed by atoms with Crippen molar-refractivity contribution in [3.8, 4) is 0 Å². The van der Waals surface area contributed by atoms with Gasteiger partial charge < -0.3 is 5.32 Å². The molecule has 0 aliphatic heterocycles. The zero-order chi connectivity index (χ0) is 10.6. The van der Waals surface area contributed by atoms with E-state index >= 15 is 0 Å². The zero-order valence-corrected chi connectivity index (χ0v) is 9.24. The van der Waals surface area contributed by atoms with Crippen molar-refractivity contribution < 1.29 is 4.39 Å². The van der Waals surface area contributed by atoms with E-state index in [4.69, 9.17) is 11.6 Å². The summed E-state index contributed by atoms with van der Waals surface area (Å²) in [4.78, 5) is 0. The summed E-state index contributed by atoms with van der Waals surface area (Å²) >= 11 is 5.88. The fraction of sp³-hybridized carbons (Fsp3) is 0.455. The predicted octanol–water partition coefficient (Wildman–Crippen LogP) is 3.02. The van der Waals surface area contributed by atoms with E-state index in [2.05, 4.69) is 19.2 Å². The molecule has 0 saturated carbocycles. The predicted molar refractivity (Wildman–Crippen MR) is 58.3 cm³/mol. The summed E-state index contributed by atoms with van der Waals surface area (Å²) < 4.78 is 13.3. The van der Waals surface area contributed by atoms with Gasteiger partial charge in [0.2, 0.25) is 0 Å². The molecule has 0 amide bonds. The second kappa shape index (κ2) is 5.32. The van der Waals surface area contributed by atoms with Crippen LogP contribution in [0.3, 0.4) is 0 Å². The largest absolute Gasteiger partial charge is 0.314 e. The van der Waals surface area contributed by atoms with Crippen LogP contribution in [-0.4, -0.2) is 12.6 Å². The van der Waals surface area contributed by atoms with E-state index in [1.54, 1.807) is 12.1 Å². The van der Waals surface area contributed by atoms with Gasteiger partial charge in [-0.1, -0.05) is 31.5 Å². The Balaban J connectivity index is 2.58. The minimum atomic E-state index is -0.219. The lowest BCUT2D eigenvalue weighted by molar-refractivity contribution is 0.568. The summed E-state index contributed by atoms with van der Waals surface area (Å²) in [5.74, 6) is -0.219. The van der Waals surface area contributed by atoms with Crippen LogP contribution in [0.4, 0.5) is 4.39 Å². The summed E-state index contributed by atoms with van der Waals surface area (Å²) in [7, 11) is 0. The first-order valence-corrected chi connectivity index (χ1v) is 5.15. The van der Waals surface area contributed by atoms with Gasteiger partial charge in [-0.15, -0.1) is 0 Å². The van der Waals surface area contributed by atoms with Gasteiger partial charge in [-0.2, -0.15) is 0 Å². The summed E-state index contributed by atoms with van der Waals surface area (Å²) in [5.41, 5.74) is 0.599. The lowest BCUT2D eigenvalue weighted by atomic mass is 10.1. The minimum absolute atomic E-state index is 0.219. The van der Waals surface area contributed by atoms with Crippen molar-refractivity contribution in [2.24, 2.45) is 0 Å². The van der Waals surface area contributed by atoms with E-state index in [1.807, 2.05) is 0 Å². The maximum Gasteiger partial charge on any atom is 0.127 e. The van der Waals surface area contributed by atoms with Gasteiger partial charge >= 0.3 is 0 Å². The second-order valence-electron chi connectivity index (χ2n) is 3.56. The Morgan fingerprint density at radius 1 is 1.43 bits per heavy atom. The smallest absolute Gasteiger partial charge is 0.127 e. The van der Waals surface area contributed by atoms with Crippen LogP contribution in [-0.2, 0) is 6.42 Å². The highest BCUT2D eigenvalue weighted by molar-refractivity contribution is 6.31. The molecule has 14 heavy (non-hydrogen) atoms. The Bertz CT molecular complexity index is 279. The van der Waals surface area contributed by atoms with Crippen molar-refractivity contribution >= 4 is 11.6 Å². The van der Waals surface area contributed by atoms with Gasteiger partial charge in [0.1, 0.15) is 5.82 Å². The van der Waals surface area contributed by atoms with Crippen LogP contribution < -0.4 is 5.32 Å². The molecule has 1 aromatic carbocycles. The summed E-state index contributed by atoms with van der Waals surface area (Å²) in [6.07, 6.45) is 0.629. The molecule has 0 heterocycles. The third-order valence-electron chi connectivity index (χ3n) is 1.99. The maximum absolute atomic E-state index is 13.3. The van der Waals surface area contributed by atoms with E-state index < -0.39 is 0 Å². The molecule has 1 rings (SSSR count). The molecular formula is C11H15ClFN. The quantitative estimate of drug-likeness (QED) is 0.814. The molecule has 0 fully saturated rings. The van der Waals surface area contributed by atoms with Crippen LogP contribution in [0.25, 0.3) is 0 Å². The van der Waals surface area contributed by atoms with E-state index in [0.29, 0.717) is 23.0 Å². The molecule has 1 N–H and O–H groups in total. The van der Waals surface area contributed by atoms with Gasteiger partial charge in [0, 0.05) is 16.6 Å². The number of benzene rings is 1. The van der Waals surface area contributed by atoms with Crippen molar-refractivity contribution in [1.82, 2.24) is 5.32 Å². The van der Waals surface area contributed by atoms with Gasteiger partial charge in [0.15, 0.2) is 0 Å². The van der Waals surface area contributed by atoms with Gasteiger partial charge in [0.25, 0.3) is 0 Å². The van der Waals surface area contributed by atoms with E-state index in [1.165, 1.54) is 6.07 Å². The molecular weight excluding hydrogens is 201 g/mol. The van der Waals surface area contributed by atoms with Crippen LogP contribution in [0.15, 0.2) is 18.2 Å². The fourth-order valence-electron chi connectivity index (χ4n) is 1.26. The summed E-state index contributed by atoms with van der Waals surface area (Å²) in [6.45, 7) is 4.87. The Morgan fingerprint density at radius 3 is 2.71 bits per heavy atom. The van der Waals surface area contributed by atoms with E-state index in [0.717, 1.165) is 6.54 Å². The molecule has 78 valence electrons. The van der Waals surface area contributed by atoms with Crippen LogP contribution in [0.1, 0.15) is 19.4 Å². The molecule has 0 radical (unpaired) electrons. The second-order valence-corrected chi connectivity index (χ2v) is 3.97. The van der Waals surface area contributed by atoms with Crippen molar-refractivity contribution in [2.45, 2.75) is 26.3 Å². The van der Waals surface area contributed by atoms with E-state index in [-0.39, 0.29) is 5.82 Å². The maximum atomic E-state index is 13.3. The molecule has 0 bridgehead atoms. The Hall–Kier alpha value is -0.600. The molecule has 3 heteroatoms. The van der Waals surface area contributed by atoms with Gasteiger partial charge in [0.05, 0.1) is 0 Å². The average Bonchev–Trinajstić information content (AvgIpc) is 2.09. The Kier molecular flexibility index (Phi) is 4.36. The standard InChI is InChI=1S/C11H15ClFN/c1-8(2)14-7-6-9-10(12)4-3-5-11(9)13/h3-5,8,14H,6-7H2,1-2H3. The first kappa shape index (κ1) is 11.5. The fourth-order valence-corrected chi connectivity index (χ4v) is 1.51. The van der Waals surface area contributed by atoms with Crippen molar-refractivity contribution in [3.05, 3.63) is 34.6 Å². The molecule has 0 aliphatic carbocycles. The van der Waals surface area contributed by atoms with Gasteiger partial charge in [-0.05, 0) is 25.1 Å². The number of hydrogen-bond donors (Lipinski definition) is 1. The summed E-state index contributed by atoms with van der Waals surface area (Å²) in [6, 6.07) is 5.20. The molecule has 0 aliphatic rings.